The van der Waals surface area contributed by atoms with Crippen LogP contribution in [0.5, 0.6) is 5.75 Å². The Hall–Kier alpha value is -1.39. The molecule has 1 aromatic heterocycles. The standard InChI is InChI=1S/C17H21BrN2O/c1-3-8-21-15-9-14(11-20-12-15)17(19-2)10-13-6-4-5-7-16(13)18/h4-7,9,11-12,17,19H,3,8,10H2,1-2H3. The van der Waals surface area contributed by atoms with E-state index < -0.39 is 0 Å². The van der Waals surface area contributed by atoms with E-state index in [0.717, 1.165) is 35.2 Å². The van der Waals surface area contributed by atoms with Crippen molar-refractivity contribution in [3.05, 3.63) is 58.3 Å². The zero-order valence-corrected chi connectivity index (χ0v) is 14.1. The van der Waals surface area contributed by atoms with Gasteiger partial charge in [0.2, 0.25) is 0 Å². The zero-order chi connectivity index (χ0) is 15.1. The molecule has 1 unspecified atom stereocenters. The SMILES string of the molecule is CCCOc1cncc(C(Cc2ccccc2Br)NC)c1. The second-order valence-electron chi connectivity index (χ2n) is 4.94. The summed E-state index contributed by atoms with van der Waals surface area (Å²) in [5.41, 5.74) is 2.42. The van der Waals surface area contributed by atoms with Crippen LogP contribution in [0.1, 0.15) is 30.5 Å². The van der Waals surface area contributed by atoms with Crippen molar-refractivity contribution in [3.8, 4) is 5.75 Å². The normalized spacial score (nSPS) is 12.1. The largest absolute Gasteiger partial charge is 0.492 e. The number of halogens is 1. The lowest BCUT2D eigenvalue weighted by atomic mass is 10.0. The molecular formula is C17H21BrN2O. The zero-order valence-electron chi connectivity index (χ0n) is 12.5. The Bertz CT molecular complexity index is 574. The van der Waals surface area contributed by atoms with Gasteiger partial charge in [-0.05, 0) is 43.1 Å². The lowest BCUT2D eigenvalue weighted by Gasteiger charge is -2.18. The van der Waals surface area contributed by atoms with Gasteiger partial charge in [0.25, 0.3) is 0 Å². The van der Waals surface area contributed by atoms with Crippen molar-refractivity contribution in [1.29, 1.82) is 0 Å². The van der Waals surface area contributed by atoms with Crippen molar-refractivity contribution >= 4 is 15.9 Å². The molecule has 1 atom stereocenters. The highest BCUT2D eigenvalue weighted by atomic mass is 79.9. The van der Waals surface area contributed by atoms with Crippen molar-refractivity contribution < 1.29 is 4.74 Å². The molecule has 0 aliphatic heterocycles. The van der Waals surface area contributed by atoms with Crippen molar-refractivity contribution in [2.75, 3.05) is 13.7 Å². The van der Waals surface area contributed by atoms with Crippen molar-refractivity contribution in [2.45, 2.75) is 25.8 Å². The molecule has 3 nitrogen and oxygen atoms in total. The van der Waals surface area contributed by atoms with E-state index in [2.05, 4.69) is 57.4 Å². The summed E-state index contributed by atoms with van der Waals surface area (Å²) in [6.07, 6.45) is 5.56. The van der Waals surface area contributed by atoms with E-state index in [1.807, 2.05) is 19.3 Å². The van der Waals surface area contributed by atoms with Gasteiger partial charge in [-0.15, -0.1) is 0 Å². The molecule has 1 aromatic carbocycles. The Kier molecular flexibility index (Phi) is 6.21. The average Bonchev–Trinajstić information content (AvgIpc) is 2.52. The van der Waals surface area contributed by atoms with E-state index in [1.54, 1.807) is 6.20 Å². The summed E-state index contributed by atoms with van der Waals surface area (Å²) in [6, 6.07) is 10.6. The first-order chi connectivity index (χ1) is 10.2. The maximum Gasteiger partial charge on any atom is 0.137 e. The van der Waals surface area contributed by atoms with Crippen molar-refractivity contribution in [3.63, 3.8) is 0 Å². The summed E-state index contributed by atoms with van der Waals surface area (Å²) in [4.78, 5) is 4.29. The molecule has 0 aliphatic rings. The predicted molar refractivity (Wildman–Crippen MR) is 89.7 cm³/mol. The first-order valence-corrected chi connectivity index (χ1v) is 8.02. The molecule has 0 saturated heterocycles. The molecule has 0 aliphatic carbocycles. The van der Waals surface area contributed by atoms with E-state index in [9.17, 15) is 0 Å². The number of hydrogen-bond acceptors (Lipinski definition) is 3. The summed E-state index contributed by atoms with van der Waals surface area (Å²) >= 11 is 3.61. The molecule has 2 rings (SSSR count). The van der Waals surface area contributed by atoms with Crippen LogP contribution in [-0.4, -0.2) is 18.6 Å². The molecule has 0 fully saturated rings. The minimum Gasteiger partial charge on any atom is -0.492 e. The smallest absolute Gasteiger partial charge is 0.137 e. The predicted octanol–water partition coefficient (Wildman–Crippen LogP) is 4.14. The van der Waals surface area contributed by atoms with Gasteiger partial charge in [-0.2, -0.15) is 0 Å². The van der Waals surface area contributed by atoms with Gasteiger partial charge in [0.05, 0.1) is 12.8 Å². The van der Waals surface area contributed by atoms with Gasteiger partial charge in [0, 0.05) is 16.7 Å². The fourth-order valence-electron chi connectivity index (χ4n) is 2.20. The molecule has 0 spiro atoms. The van der Waals surface area contributed by atoms with Crippen LogP contribution in [0, 0.1) is 0 Å². The van der Waals surface area contributed by atoms with Crippen LogP contribution >= 0.6 is 15.9 Å². The molecule has 1 N–H and O–H groups in total. The summed E-state index contributed by atoms with van der Waals surface area (Å²) in [7, 11) is 1.97. The maximum atomic E-state index is 5.66. The van der Waals surface area contributed by atoms with Crippen LogP contribution < -0.4 is 10.1 Å². The van der Waals surface area contributed by atoms with E-state index in [0.29, 0.717) is 0 Å². The minimum atomic E-state index is 0.210. The van der Waals surface area contributed by atoms with Crippen LogP contribution in [0.3, 0.4) is 0 Å². The Morgan fingerprint density at radius 2 is 2.10 bits per heavy atom. The first kappa shape index (κ1) is 16.0. The number of ether oxygens (including phenoxy) is 1. The van der Waals surface area contributed by atoms with Crippen molar-refractivity contribution in [2.24, 2.45) is 0 Å². The summed E-state index contributed by atoms with van der Waals surface area (Å²) in [5.74, 6) is 0.835. The molecule has 4 heteroatoms. The lowest BCUT2D eigenvalue weighted by molar-refractivity contribution is 0.315. The maximum absolute atomic E-state index is 5.66. The third-order valence-corrected chi connectivity index (χ3v) is 4.11. The molecule has 21 heavy (non-hydrogen) atoms. The van der Waals surface area contributed by atoms with Gasteiger partial charge < -0.3 is 10.1 Å². The third kappa shape index (κ3) is 4.55. The summed E-state index contributed by atoms with van der Waals surface area (Å²) < 4.78 is 6.80. The second-order valence-corrected chi connectivity index (χ2v) is 5.79. The number of pyridine rings is 1. The van der Waals surface area contributed by atoms with Crippen LogP contribution in [-0.2, 0) is 6.42 Å². The van der Waals surface area contributed by atoms with Gasteiger partial charge in [-0.25, -0.2) is 0 Å². The highest BCUT2D eigenvalue weighted by Gasteiger charge is 2.13. The van der Waals surface area contributed by atoms with Crippen LogP contribution in [0.15, 0.2) is 47.2 Å². The highest BCUT2D eigenvalue weighted by molar-refractivity contribution is 9.10. The third-order valence-electron chi connectivity index (χ3n) is 3.34. The summed E-state index contributed by atoms with van der Waals surface area (Å²) in [6.45, 7) is 2.82. The van der Waals surface area contributed by atoms with Gasteiger partial charge >= 0.3 is 0 Å². The van der Waals surface area contributed by atoms with Gasteiger partial charge in [-0.1, -0.05) is 41.1 Å². The molecule has 0 bridgehead atoms. The van der Waals surface area contributed by atoms with Gasteiger partial charge in [-0.3, -0.25) is 4.98 Å². The number of hydrogen-bond donors (Lipinski definition) is 1. The number of nitrogens with one attached hydrogen (secondary N) is 1. The van der Waals surface area contributed by atoms with Gasteiger partial charge in [0.15, 0.2) is 0 Å². The fourth-order valence-corrected chi connectivity index (χ4v) is 2.64. The van der Waals surface area contributed by atoms with E-state index in [-0.39, 0.29) is 6.04 Å². The Morgan fingerprint density at radius 1 is 1.29 bits per heavy atom. The lowest BCUT2D eigenvalue weighted by Crippen LogP contribution is -2.19. The van der Waals surface area contributed by atoms with E-state index in [4.69, 9.17) is 4.74 Å². The Labute approximate surface area is 134 Å². The number of likely N-dealkylation sites (N-methyl/N-ethyl adjacent to an activating group) is 1. The van der Waals surface area contributed by atoms with Crippen LogP contribution in [0.4, 0.5) is 0 Å². The molecule has 0 saturated carbocycles. The number of rotatable bonds is 7. The first-order valence-electron chi connectivity index (χ1n) is 7.23. The minimum absolute atomic E-state index is 0.210. The molecular weight excluding hydrogens is 328 g/mol. The van der Waals surface area contributed by atoms with E-state index in [1.165, 1.54) is 5.56 Å². The Balaban J connectivity index is 2.15. The number of aromatic nitrogens is 1. The van der Waals surface area contributed by atoms with E-state index >= 15 is 0 Å². The van der Waals surface area contributed by atoms with Crippen molar-refractivity contribution in [1.82, 2.24) is 10.3 Å². The molecule has 1 heterocycles. The average molecular weight is 349 g/mol. The Morgan fingerprint density at radius 3 is 2.81 bits per heavy atom. The van der Waals surface area contributed by atoms with Crippen LogP contribution in [0.2, 0.25) is 0 Å². The van der Waals surface area contributed by atoms with Gasteiger partial charge in [0.1, 0.15) is 5.75 Å². The molecule has 0 radical (unpaired) electrons. The summed E-state index contributed by atoms with van der Waals surface area (Å²) in [5, 5.41) is 3.36. The molecule has 112 valence electrons. The number of benzene rings is 1. The fraction of sp³-hybridized carbons (Fsp3) is 0.353. The topological polar surface area (TPSA) is 34.1 Å². The quantitative estimate of drug-likeness (QED) is 0.816. The molecule has 0 amide bonds. The number of nitrogens with zero attached hydrogens (tertiary/aromatic N) is 1. The second kappa shape index (κ2) is 8.15. The molecule has 2 aromatic rings. The monoisotopic (exact) mass is 348 g/mol. The van der Waals surface area contributed by atoms with Crippen LogP contribution in [0.25, 0.3) is 0 Å². The highest BCUT2D eigenvalue weighted by Crippen LogP contribution is 2.25.